The number of carboxylic acid groups (broad SMARTS) is 1. The smallest absolute Gasteiger partial charge is 0.322 e. The summed E-state index contributed by atoms with van der Waals surface area (Å²) in [4.78, 5) is 11.2. The highest BCUT2D eigenvalue weighted by atomic mass is 35.5. The molecule has 9 heteroatoms. The van der Waals surface area contributed by atoms with Crippen LogP contribution in [-0.2, 0) is 15.0 Å². The van der Waals surface area contributed by atoms with Crippen LogP contribution in [0.3, 0.4) is 0 Å². The quantitative estimate of drug-likeness (QED) is 0.881. The van der Waals surface area contributed by atoms with E-state index < -0.39 is 28.0 Å². The molecule has 6 nitrogen and oxygen atoms in total. The summed E-state index contributed by atoms with van der Waals surface area (Å²) in [5.74, 6) is -2.04. The number of halogens is 2. The molecule has 0 radical (unpaired) electrons. The second-order valence-electron chi connectivity index (χ2n) is 4.69. The minimum Gasteiger partial charge on any atom is -0.480 e. The van der Waals surface area contributed by atoms with Crippen LogP contribution in [0, 0.1) is 5.82 Å². The molecule has 1 aromatic rings. The number of carboxylic acids is 1. The number of nitrogens with zero attached hydrogens (tertiary/aromatic N) is 1. The fourth-order valence-electron chi connectivity index (χ4n) is 2.21. The number of rotatable bonds is 4. The molecule has 1 aliphatic heterocycles. The first-order chi connectivity index (χ1) is 9.81. The van der Waals surface area contributed by atoms with Gasteiger partial charge >= 0.3 is 16.2 Å². The molecule has 1 saturated heterocycles. The Morgan fingerprint density at radius 2 is 2.14 bits per heavy atom. The van der Waals surface area contributed by atoms with E-state index in [1.54, 1.807) is 0 Å². The number of aliphatic carboxylic acids is 1. The second-order valence-corrected chi connectivity index (χ2v) is 6.75. The van der Waals surface area contributed by atoms with E-state index in [2.05, 4.69) is 4.72 Å². The summed E-state index contributed by atoms with van der Waals surface area (Å²) >= 11 is 5.60. The van der Waals surface area contributed by atoms with Crippen molar-refractivity contribution in [2.45, 2.75) is 25.3 Å². The highest BCUT2D eigenvalue weighted by molar-refractivity contribution is 7.90. The molecule has 1 heterocycles. The van der Waals surface area contributed by atoms with Gasteiger partial charge in [0.2, 0.25) is 0 Å². The van der Waals surface area contributed by atoms with Crippen molar-refractivity contribution in [3.63, 3.8) is 0 Å². The summed E-state index contributed by atoms with van der Waals surface area (Å²) < 4.78 is 41.1. The Balaban J connectivity index is 2.26. The lowest BCUT2D eigenvalue weighted by Crippen LogP contribution is -2.50. The van der Waals surface area contributed by atoms with Crippen molar-refractivity contribution in [1.82, 2.24) is 4.31 Å². The van der Waals surface area contributed by atoms with Crippen LogP contribution in [0.5, 0.6) is 0 Å². The van der Waals surface area contributed by atoms with E-state index in [4.69, 9.17) is 16.7 Å². The predicted octanol–water partition coefficient (Wildman–Crippen LogP) is 2.07. The summed E-state index contributed by atoms with van der Waals surface area (Å²) in [5, 5.41) is 9.24. The third-order valence-corrected chi connectivity index (χ3v) is 4.99. The molecule has 21 heavy (non-hydrogen) atoms. The van der Waals surface area contributed by atoms with Crippen LogP contribution >= 0.6 is 11.6 Å². The average molecular weight is 337 g/mol. The predicted molar refractivity (Wildman–Crippen MR) is 75.9 cm³/mol. The van der Waals surface area contributed by atoms with Gasteiger partial charge in [-0.15, -0.1) is 0 Å². The van der Waals surface area contributed by atoms with Crippen LogP contribution in [0.25, 0.3) is 0 Å². The molecule has 116 valence electrons. The third-order valence-electron chi connectivity index (χ3n) is 3.22. The first-order valence-electron chi connectivity index (χ1n) is 6.29. The highest BCUT2D eigenvalue weighted by Gasteiger charge is 2.37. The standard InChI is InChI=1S/C12H14ClFN2O4S/c13-8-4-5-10(9(14)7-8)15-21(19,20)16-6-2-1-3-11(16)12(17)18/h4-5,7,11,15H,1-3,6H2,(H,17,18). The molecule has 1 aliphatic rings. The van der Waals surface area contributed by atoms with Crippen molar-refractivity contribution >= 4 is 33.5 Å². The number of anilines is 1. The zero-order valence-corrected chi connectivity index (χ0v) is 12.5. The first-order valence-corrected chi connectivity index (χ1v) is 8.10. The Bertz CT molecular complexity index is 653. The summed E-state index contributed by atoms with van der Waals surface area (Å²) in [7, 11) is -4.15. The van der Waals surface area contributed by atoms with Gasteiger partial charge in [0.05, 0.1) is 5.69 Å². The molecule has 0 spiro atoms. The SMILES string of the molecule is O=C(O)C1CCCCN1S(=O)(=O)Nc1ccc(Cl)cc1F. The van der Waals surface area contributed by atoms with Crippen molar-refractivity contribution in [1.29, 1.82) is 0 Å². The van der Waals surface area contributed by atoms with Gasteiger partial charge in [-0.1, -0.05) is 11.6 Å². The van der Waals surface area contributed by atoms with Crippen molar-refractivity contribution in [3.8, 4) is 0 Å². The lowest BCUT2D eigenvalue weighted by atomic mass is 10.1. The molecular weight excluding hydrogens is 323 g/mol. The number of piperidine rings is 1. The van der Waals surface area contributed by atoms with Crippen LogP contribution in [-0.4, -0.2) is 36.4 Å². The van der Waals surface area contributed by atoms with E-state index >= 15 is 0 Å². The van der Waals surface area contributed by atoms with E-state index in [9.17, 15) is 17.6 Å². The number of nitrogens with one attached hydrogen (secondary N) is 1. The number of carbonyl (C=O) groups is 1. The van der Waals surface area contributed by atoms with Crippen LogP contribution in [0.4, 0.5) is 10.1 Å². The number of hydrogen-bond acceptors (Lipinski definition) is 3. The molecule has 1 unspecified atom stereocenters. The average Bonchev–Trinajstić information content (AvgIpc) is 2.42. The van der Waals surface area contributed by atoms with Crippen molar-refractivity contribution in [3.05, 3.63) is 29.0 Å². The maximum Gasteiger partial charge on any atom is 0.322 e. The van der Waals surface area contributed by atoms with Crippen molar-refractivity contribution < 1.29 is 22.7 Å². The minimum absolute atomic E-state index is 0.0848. The van der Waals surface area contributed by atoms with E-state index in [0.717, 1.165) is 10.4 Å². The Labute approximate surface area is 126 Å². The molecule has 1 fully saturated rings. The van der Waals surface area contributed by atoms with E-state index in [-0.39, 0.29) is 23.7 Å². The number of hydrogen-bond donors (Lipinski definition) is 2. The van der Waals surface area contributed by atoms with Gasteiger partial charge in [0.1, 0.15) is 11.9 Å². The highest BCUT2D eigenvalue weighted by Crippen LogP contribution is 2.24. The van der Waals surface area contributed by atoms with E-state index in [0.29, 0.717) is 12.8 Å². The fraction of sp³-hybridized carbons (Fsp3) is 0.417. The molecular formula is C12H14ClFN2O4S. The van der Waals surface area contributed by atoms with Crippen LogP contribution in [0.1, 0.15) is 19.3 Å². The number of benzene rings is 1. The normalized spacial score (nSPS) is 20.2. The van der Waals surface area contributed by atoms with Gasteiger partial charge in [-0.2, -0.15) is 12.7 Å². The van der Waals surface area contributed by atoms with Gasteiger partial charge in [0.15, 0.2) is 0 Å². The maximum atomic E-state index is 13.7. The van der Waals surface area contributed by atoms with Crippen LogP contribution < -0.4 is 4.72 Å². The first kappa shape index (κ1) is 16.0. The summed E-state index contributed by atoms with van der Waals surface area (Å²) in [6.07, 6.45) is 1.44. The molecule has 1 aromatic carbocycles. The van der Waals surface area contributed by atoms with Crippen LogP contribution in [0.15, 0.2) is 18.2 Å². The second kappa shape index (κ2) is 6.17. The van der Waals surface area contributed by atoms with Gasteiger partial charge in [0.25, 0.3) is 0 Å². The van der Waals surface area contributed by atoms with Gasteiger partial charge in [-0.05, 0) is 37.5 Å². The molecule has 0 aromatic heterocycles. The van der Waals surface area contributed by atoms with Gasteiger partial charge in [-0.25, -0.2) is 4.39 Å². The van der Waals surface area contributed by atoms with E-state index in [1.807, 2.05) is 0 Å². The van der Waals surface area contributed by atoms with Gasteiger partial charge < -0.3 is 5.11 Å². The van der Waals surface area contributed by atoms with Crippen molar-refractivity contribution in [2.24, 2.45) is 0 Å². The topological polar surface area (TPSA) is 86.7 Å². The van der Waals surface area contributed by atoms with E-state index in [1.165, 1.54) is 12.1 Å². The zero-order chi connectivity index (χ0) is 15.6. The lowest BCUT2D eigenvalue weighted by molar-refractivity contribution is -0.142. The largest absolute Gasteiger partial charge is 0.480 e. The Hall–Kier alpha value is -1.38. The Morgan fingerprint density at radius 1 is 1.43 bits per heavy atom. The summed E-state index contributed by atoms with van der Waals surface area (Å²) in [6, 6.07) is 2.37. The molecule has 0 saturated carbocycles. The molecule has 2 N–H and O–H groups in total. The summed E-state index contributed by atoms with van der Waals surface area (Å²) in [6.45, 7) is 0.0848. The third kappa shape index (κ3) is 3.63. The molecule has 0 amide bonds. The minimum atomic E-state index is -4.15. The maximum absolute atomic E-state index is 13.7. The molecule has 2 rings (SSSR count). The van der Waals surface area contributed by atoms with Crippen molar-refractivity contribution in [2.75, 3.05) is 11.3 Å². The lowest BCUT2D eigenvalue weighted by Gasteiger charge is -2.31. The van der Waals surface area contributed by atoms with Gasteiger partial charge in [-0.3, -0.25) is 9.52 Å². The Morgan fingerprint density at radius 3 is 2.76 bits per heavy atom. The zero-order valence-electron chi connectivity index (χ0n) is 10.9. The monoisotopic (exact) mass is 336 g/mol. The molecule has 0 bridgehead atoms. The van der Waals surface area contributed by atoms with Gasteiger partial charge in [0, 0.05) is 11.6 Å². The fourth-order valence-corrected chi connectivity index (χ4v) is 3.83. The molecule has 0 aliphatic carbocycles. The van der Waals surface area contributed by atoms with Crippen LogP contribution in [0.2, 0.25) is 5.02 Å². The Kier molecular flexibility index (Phi) is 4.70. The summed E-state index contributed by atoms with van der Waals surface area (Å²) in [5.41, 5.74) is -0.269. The molecule has 1 atom stereocenters.